The minimum atomic E-state index is 0. The van der Waals surface area contributed by atoms with Gasteiger partial charge in [-0.25, -0.2) is 0 Å². The quantitative estimate of drug-likeness (QED) is 0.187. The molecule has 0 amide bonds. The molecule has 0 atom stereocenters. The molecule has 0 aromatic heterocycles. The van der Waals surface area contributed by atoms with Crippen molar-refractivity contribution < 1.29 is 7.96 Å². The Morgan fingerprint density at radius 1 is 0.654 bits per heavy atom. The average molecular weight is 486 g/mol. The van der Waals surface area contributed by atoms with Gasteiger partial charge in [0.15, 0.2) is 0 Å². The largest absolute Gasteiger partial charge is 2.00 e. The Hall–Kier alpha value is 0.591. The van der Waals surface area contributed by atoms with Gasteiger partial charge in [0.25, 0.3) is 0 Å². The molecule has 148 valence electrons. The molecule has 1 nitrogen and oxygen atoms in total. The van der Waals surface area contributed by atoms with E-state index in [9.17, 15) is 5.11 Å². The van der Waals surface area contributed by atoms with E-state index in [1.165, 1.54) is 101 Å². The SMILES string of the molecule is CCCCCCCCCc1cccc(O)c1CCCCCCCCC.[Ba+2].[H-].[H-]. The summed E-state index contributed by atoms with van der Waals surface area (Å²) in [4.78, 5) is 0. The third-order valence-electron chi connectivity index (χ3n) is 5.33. The zero-order valence-electron chi connectivity index (χ0n) is 19.7. The molecule has 0 aliphatic heterocycles. The van der Waals surface area contributed by atoms with Crippen LogP contribution >= 0.6 is 0 Å². The maximum atomic E-state index is 10.3. The van der Waals surface area contributed by atoms with Crippen molar-refractivity contribution in [2.45, 2.75) is 117 Å². The molecule has 0 spiro atoms. The molecule has 0 bridgehead atoms. The molecular formula is C24H44BaO. The van der Waals surface area contributed by atoms with Crippen LogP contribution in [0.15, 0.2) is 18.2 Å². The number of benzene rings is 1. The van der Waals surface area contributed by atoms with Crippen LogP contribution in [0.25, 0.3) is 0 Å². The van der Waals surface area contributed by atoms with Gasteiger partial charge in [0.2, 0.25) is 0 Å². The summed E-state index contributed by atoms with van der Waals surface area (Å²) in [6.45, 7) is 4.54. The van der Waals surface area contributed by atoms with E-state index in [-0.39, 0.29) is 51.7 Å². The summed E-state index contributed by atoms with van der Waals surface area (Å²) in [5, 5.41) is 10.3. The number of aryl methyl sites for hydroxylation is 1. The molecule has 26 heavy (non-hydrogen) atoms. The Bertz CT molecular complexity index is 441. The van der Waals surface area contributed by atoms with Gasteiger partial charge in [0.05, 0.1) is 0 Å². The summed E-state index contributed by atoms with van der Waals surface area (Å²) in [5.41, 5.74) is 2.61. The third-order valence-corrected chi connectivity index (χ3v) is 5.33. The molecule has 1 aromatic carbocycles. The molecule has 0 saturated carbocycles. The Kier molecular flexibility index (Phi) is 19.4. The van der Waals surface area contributed by atoms with E-state index in [1.807, 2.05) is 12.1 Å². The summed E-state index contributed by atoms with van der Waals surface area (Å²) in [5.74, 6) is 0.520. The molecule has 0 radical (unpaired) electrons. The monoisotopic (exact) mass is 486 g/mol. The minimum Gasteiger partial charge on any atom is -1.00 e. The summed E-state index contributed by atoms with van der Waals surface area (Å²) in [6, 6.07) is 6.11. The van der Waals surface area contributed by atoms with Crippen molar-refractivity contribution in [1.29, 1.82) is 0 Å². The van der Waals surface area contributed by atoms with Crippen molar-refractivity contribution in [3.63, 3.8) is 0 Å². The molecule has 1 N–H and O–H groups in total. The first-order valence-corrected chi connectivity index (χ1v) is 11.1. The van der Waals surface area contributed by atoms with Crippen molar-refractivity contribution in [2.24, 2.45) is 0 Å². The summed E-state index contributed by atoms with van der Waals surface area (Å²) in [7, 11) is 0. The Labute approximate surface area is 206 Å². The molecule has 0 saturated heterocycles. The normalized spacial score (nSPS) is 10.7. The van der Waals surface area contributed by atoms with E-state index in [0.717, 1.165) is 12.8 Å². The van der Waals surface area contributed by atoms with E-state index >= 15 is 0 Å². The molecule has 2 heteroatoms. The topological polar surface area (TPSA) is 20.2 Å². The number of aromatic hydroxyl groups is 1. The molecular weight excluding hydrogens is 442 g/mol. The van der Waals surface area contributed by atoms with Gasteiger partial charge in [-0.05, 0) is 42.9 Å². The maximum Gasteiger partial charge on any atom is 2.00 e. The third kappa shape index (κ3) is 12.9. The first kappa shape index (κ1) is 26.6. The summed E-state index contributed by atoms with van der Waals surface area (Å²) >= 11 is 0. The minimum absolute atomic E-state index is 0. The van der Waals surface area contributed by atoms with Crippen molar-refractivity contribution in [3.05, 3.63) is 29.3 Å². The molecule has 0 aliphatic carbocycles. The fourth-order valence-corrected chi connectivity index (χ4v) is 3.68. The predicted octanol–water partition coefficient (Wildman–Crippen LogP) is 7.82. The number of unbranched alkanes of at least 4 members (excludes halogenated alkanes) is 12. The van der Waals surface area contributed by atoms with Crippen LogP contribution in [0.3, 0.4) is 0 Å². The van der Waals surface area contributed by atoms with Gasteiger partial charge in [0, 0.05) is 0 Å². The number of rotatable bonds is 16. The number of hydrogen-bond donors (Lipinski definition) is 1. The van der Waals surface area contributed by atoms with Gasteiger partial charge >= 0.3 is 48.9 Å². The Balaban J connectivity index is -0.00000208. The van der Waals surface area contributed by atoms with Crippen LogP contribution in [0.1, 0.15) is 118 Å². The van der Waals surface area contributed by atoms with E-state index in [1.54, 1.807) is 0 Å². The predicted molar refractivity (Wildman–Crippen MR) is 119 cm³/mol. The molecule has 0 fully saturated rings. The van der Waals surface area contributed by atoms with Gasteiger partial charge in [-0.15, -0.1) is 0 Å². The Morgan fingerprint density at radius 3 is 1.65 bits per heavy atom. The molecule has 0 aliphatic rings. The van der Waals surface area contributed by atoms with Crippen molar-refractivity contribution in [1.82, 2.24) is 0 Å². The smallest absolute Gasteiger partial charge is 1.00 e. The van der Waals surface area contributed by atoms with Crippen LogP contribution in [-0.4, -0.2) is 54.0 Å². The number of phenolic OH excluding ortho intramolecular Hbond substituents is 1. The molecule has 0 heterocycles. The first-order valence-electron chi connectivity index (χ1n) is 11.1. The second-order valence-electron chi connectivity index (χ2n) is 7.66. The van der Waals surface area contributed by atoms with Gasteiger partial charge in [-0.1, -0.05) is 103 Å². The molecule has 1 rings (SSSR count). The van der Waals surface area contributed by atoms with Crippen molar-refractivity contribution in [2.75, 3.05) is 0 Å². The van der Waals surface area contributed by atoms with Crippen LogP contribution in [0.5, 0.6) is 5.75 Å². The standard InChI is InChI=1S/C24H42O.Ba.2H/c1-3-5-7-9-11-13-15-18-22-19-17-21-24(25)23(22)20-16-14-12-10-8-6-4-2;;;/h17,19,21,25H,3-16,18,20H2,1-2H3;;;/q;+2;2*-1. The average Bonchev–Trinajstić information content (AvgIpc) is 2.62. The van der Waals surface area contributed by atoms with Gasteiger partial charge in [0.1, 0.15) is 5.75 Å². The van der Waals surface area contributed by atoms with Crippen LogP contribution in [-0.2, 0) is 12.8 Å². The van der Waals surface area contributed by atoms with E-state index < -0.39 is 0 Å². The maximum absolute atomic E-state index is 10.3. The van der Waals surface area contributed by atoms with Crippen LogP contribution < -0.4 is 0 Å². The van der Waals surface area contributed by atoms with Gasteiger partial charge in [-0.2, -0.15) is 0 Å². The Morgan fingerprint density at radius 2 is 1.12 bits per heavy atom. The molecule has 0 unspecified atom stereocenters. The van der Waals surface area contributed by atoms with Gasteiger partial charge in [-0.3, -0.25) is 0 Å². The molecule has 1 aromatic rings. The number of hydrogen-bond acceptors (Lipinski definition) is 1. The van der Waals surface area contributed by atoms with Crippen LogP contribution in [0.4, 0.5) is 0 Å². The van der Waals surface area contributed by atoms with Crippen molar-refractivity contribution in [3.8, 4) is 5.75 Å². The van der Waals surface area contributed by atoms with Crippen LogP contribution in [0.2, 0.25) is 0 Å². The van der Waals surface area contributed by atoms with E-state index in [2.05, 4.69) is 19.9 Å². The number of phenols is 1. The second kappa shape index (κ2) is 18.9. The van der Waals surface area contributed by atoms with Gasteiger partial charge < -0.3 is 7.96 Å². The van der Waals surface area contributed by atoms with E-state index in [0.29, 0.717) is 5.75 Å². The fourth-order valence-electron chi connectivity index (χ4n) is 3.68. The zero-order valence-corrected chi connectivity index (χ0v) is 22.1. The van der Waals surface area contributed by atoms with Crippen LogP contribution in [0, 0.1) is 0 Å². The summed E-state index contributed by atoms with van der Waals surface area (Å²) < 4.78 is 0. The first-order chi connectivity index (χ1) is 12.3. The second-order valence-corrected chi connectivity index (χ2v) is 7.66. The van der Waals surface area contributed by atoms with Crippen molar-refractivity contribution >= 4 is 48.9 Å². The summed E-state index contributed by atoms with van der Waals surface area (Å²) in [6.07, 6.45) is 21.0. The fraction of sp³-hybridized carbons (Fsp3) is 0.750. The zero-order chi connectivity index (χ0) is 18.2. The van der Waals surface area contributed by atoms with E-state index in [4.69, 9.17) is 0 Å².